The first-order chi connectivity index (χ1) is 17.4. The van der Waals surface area contributed by atoms with Crippen LogP contribution >= 0.6 is 0 Å². The molecule has 0 bridgehead atoms. The Labute approximate surface area is 207 Å². The second-order valence-electron chi connectivity index (χ2n) is 8.90. The normalized spacial score (nSPS) is 16.3. The van der Waals surface area contributed by atoms with E-state index in [0.29, 0.717) is 17.8 Å². The zero-order chi connectivity index (χ0) is 25.2. The molecular formula is C26H27FN6O3. The summed E-state index contributed by atoms with van der Waals surface area (Å²) in [7, 11) is 1.85. The number of likely N-dealkylation sites (N-methyl/N-ethyl adjacent to an activating group) is 1. The van der Waals surface area contributed by atoms with Crippen molar-refractivity contribution in [3.05, 3.63) is 78.0 Å². The fraction of sp³-hybridized carbons (Fsp3) is 0.269. The molecule has 1 amide bonds. The minimum absolute atomic E-state index is 0.0661. The van der Waals surface area contributed by atoms with Gasteiger partial charge in [-0.1, -0.05) is 12.1 Å². The van der Waals surface area contributed by atoms with Crippen LogP contribution in [0.3, 0.4) is 0 Å². The zero-order valence-corrected chi connectivity index (χ0v) is 19.7. The van der Waals surface area contributed by atoms with Gasteiger partial charge in [0.15, 0.2) is 0 Å². The number of phenols is 1. The van der Waals surface area contributed by atoms with E-state index in [1.807, 2.05) is 24.2 Å². The lowest BCUT2D eigenvalue weighted by Crippen LogP contribution is -2.35. The molecule has 0 aliphatic carbocycles. The average Bonchev–Trinajstić information content (AvgIpc) is 3.57. The highest BCUT2D eigenvalue weighted by Crippen LogP contribution is 2.30. The standard InChI is InChI=1S/C26H27FN6O3/c1-32(18-9-11-33(13-18)25-20-8-10-28-24(20)29-15-30-25)23-7-4-17(12-21(23)27)26(36)31-22(14-34)16-2-5-19(35)6-3-16/h2-8,10,12,15,18,22,34-35H,9,11,13-14H2,1H3,(H,31,36)(H,28,29,30). The third kappa shape index (κ3) is 4.55. The van der Waals surface area contributed by atoms with Crippen molar-refractivity contribution in [2.45, 2.75) is 18.5 Å². The first kappa shape index (κ1) is 23.6. The van der Waals surface area contributed by atoms with Crippen molar-refractivity contribution >= 4 is 28.4 Å². The fourth-order valence-corrected chi connectivity index (χ4v) is 4.67. The third-order valence-electron chi connectivity index (χ3n) is 6.72. The van der Waals surface area contributed by atoms with E-state index in [9.17, 15) is 15.0 Å². The number of carbonyl (C=O) groups is 1. The number of nitrogens with zero attached hydrogens (tertiary/aromatic N) is 4. The summed E-state index contributed by atoms with van der Waals surface area (Å²) in [6.45, 7) is 1.13. The molecule has 36 heavy (non-hydrogen) atoms. The van der Waals surface area contributed by atoms with Crippen LogP contribution in [0.1, 0.15) is 28.4 Å². The Kier molecular flexibility index (Phi) is 6.43. The largest absolute Gasteiger partial charge is 0.508 e. The number of carbonyl (C=O) groups excluding carboxylic acids is 1. The van der Waals surface area contributed by atoms with Crippen LogP contribution in [-0.2, 0) is 0 Å². The Morgan fingerprint density at radius 1 is 1.25 bits per heavy atom. The minimum Gasteiger partial charge on any atom is -0.508 e. The Hall–Kier alpha value is -4.18. The molecule has 2 unspecified atom stereocenters. The maximum Gasteiger partial charge on any atom is 0.251 e. The van der Waals surface area contributed by atoms with Gasteiger partial charge in [0.1, 0.15) is 29.4 Å². The van der Waals surface area contributed by atoms with Crippen LogP contribution < -0.4 is 15.1 Å². The first-order valence-corrected chi connectivity index (χ1v) is 11.7. The number of hydrogen-bond donors (Lipinski definition) is 4. The number of benzene rings is 2. The van der Waals surface area contributed by atoms with Gasteiger partial charge in [0.05, 0.1) is 23.7 Å². The lowest BCUT2D eigenvalue weighted by molar-refractivity contribution is 0.0915. The molecule has 1 aliphatic rings. The molecule has 0 radical (unpaired) electrons. The van der Waals surface area contributed by atoms with Gasteiger partial charge in [-0.15, -0.1) is 0 Å². The van der Waals surface area contributed by atoms with Crippen molar-refractivity contribution in [1.29, 1.82) is 0 Å². The van der Waals surface area contributed by atoms with E-state index in [-0.39, 0.29) is 24.0 Å². The number of rotatable bonds is 7. The molecule has 4 N–H and O–H groups in total. The van der Waals surface area contributed by atoms with Gasteiger partial charge in [-0.05, 0) is 48.4 Å². The Morgan fingerprint density at radius 2 is 2.06 bits per heavy atom. The highest BCUT2D eigenvalue weighted by atomic mass is 19.1. The number of amides is 1. The highest BCUT2D eigenvalue weighted by molar-refractivity contribution is 5.95. The van der Waals surface area contributed by atoms with Crippen LogP contribution in [0, 0.1) is 5.82 Å². The van der Waals surface area contributed by atoms with Gasteiger partial charge in [-0.3, -0.25) is 4.79 Å². The molecule has 5 rings (SSSR count). The van der Waals surface area contributed by atoms with Crippen LogP contribution in [0.15, 0.2) is 61.1 Å². The molecule has 1 saturated heterocycles. The molecule has 4 aromatic rings. The van der Waals surface area contributed by atoms with Crippen molar-refractivity contribution in [2.24, 2.45) is 0 Å². The van der Waals surface area contributed by atoms with E-state index in [1.54, 1.807) is 24.3 Å². The number of aromatic hydroxyl groups is 1. The molecule has 3 heterocycles. The smallest absolute Gasteiger partial charge is 0.251 e. The highest BCUT2D eigenvalue weighted by Gasteiger charge is 2.29. The SMILES string of the molecule is CN(c1ccc(C(=O)NC(CO)c2ccc(O)cc2)cc1F)C1CCN(c2ncnc3[nH]ccc23)C1. The lowest BCUT2D eigenvalue weighted by atomic mass is 10.1. The van der Waals surface area contributed by atoms with E-state index in [0.717, 1.165) is 29.8 Å². The van der Waals surface area contributed by atoms with Gasteiger partial charge in [-0.25, -0.2) is 14.4 Å². The summed E-state index contributed by atoms with van der Waals surface area (Å²) >= 11 is 0. The number of halogens is 1. The number of fused-ring (bicyclic) bond motifs is 1. The van der Waals surface area contributed by atoms with Crippen LogP contribution in [0.25, 0.3) is 11.0 Å². The molecule has 1 aliphatic heterocycles. The monoisotopic (exact) mass is 490 g/mol. The van der Waals surface area contributed by atoms with Gasteiger partial charge in [-0.2, -0.15) is 0 Å². The van der Waals surface area contributed by atoms with Gasteiger partial charge < -0.3 is 30.3 Å². The summed E-state index contributed by atoms with van der Waals surface area (Å²) in [6, 6.07) is 11.9. The molecule has 2 aromatic heterocycles. The Morgan fingerprint density at radius 3 is 2.81 bits per heavy atom. The summed E-state index contributed by atoms with van der Waals surface area (Å²) in [6.07, 6.45) is 4.21. The van der Waals surface area contributed by atoms with E-state index in [4.69, 9.17) is 0 Å². The van der Waals surface area contributed by atoms with Gasteiger partial charge in [0.25, 0.3) is 5.91 Å². The predicted octanol–water partition coefficient (Wildman–Crippen LogP) is 2.98. The topological polar surface area (TPSA) is 118 Å². The molecule has 1 fully saturated rings. The van der Waals surface area contributed by atoms with Crippen LogP contribution in [0.4, 0.5) is 15.9 Å². The number of hydrogen-bond acceptors (Lipinski definition) is 7. The van der Waals surface area contributed by atoms with Crippen molar-refractivity contribution in [3.8, 4) is 5.75 Å². The number of aliphatic hydroxyl groups is 1. The molecule has 186 valence electrons. The summed E-state index contributed by atoms with van der Waals surface area (Å²) < 4.78 is 15.2. The number of aromatic nitrogens is 3. The number of aliphatic hydroxyl groups excluding tert-OH is 1. The van der Waals surface area contributed by atoms with Crippen molar-refractivity contribution in [3.63, 3.8) is 0 Å². The second kappa shape index (κ2) is 9.82. The first-order valence-electron chi connectivity index (χ1n) is 11.7. The lowest BCUT2D eigenvalue weighted by Gasteiger charge is -2.28. The fourth-order valence-electron chi connectivity index (χ4n) is 4.67. The van der Waals surface area contributed by atoms with Gasteiger partial charge in [0.2, 0.25) is 0 Å². The third-order valence-corrected chi connectivity index (χ3v) is 6.72. The molecule has 2 aromatic carbocycles. The number of anilines is 2. The molecular weight excluding hydrogens is 463 g/mol. The van der Waals surface area contributed by atoms with E-state index in [1.165, 1.54) is 24.5 Å². The molecule has 0 spiro atoms. The summed E-state index contributed by atoms with van der Waals surface area (Å²) in [5.41, 5.74) is 1.98. The van der Waals surface area contributed by atoms with Crippen molar-refractivity contribution in [1.82, 2.24) is 20.3 Å². The number of phenolic OH excluding ortho intramolecular Hbond substituents is 1. The van der Waals surface area contributed by atoms with Gasteiger partial charge >= 0.3 is 0 Å². The number of H-pyrrole nitrogens is 1. The summed E-state index contributed by atoms with van der Waals surface area (Å²) in [5.74, 6) is -0.0502. The number of nitrogens with one attached hydrogen (secondary N) is 2. The average molecular weight is 491 g/mol. The molecule has 10 heteroatoms. The van der Waals surface area contributed by atoms with Crippen molar-refractivity contribution < 1.29 is 19.4 Å². The van der Waals surface area contributed by atoms with Gasteiger partial charge in [0, 0.05) is 37.9 Å². The van der Waals surface area contributed by atoms with E-state index in [2.05, 4.69) is 25.2 Å². The Bertz CT molecular complexity index is 1380. The minimum atomic E-state index is -0.679. The van der Waals surface area contributed by atoms with E-state index >= 15 is 4.39 Å². The van der Waals surface area contributed by atoms with Crippen molar-refractivity contribution in [2.75, 3.05) is 36.5 Å². The van der Waals surface area contributed by atoms with Crippen LogP contribution in [0.2, 0.25) is 0 Å². The molecule has 2 atom stereocenters. The second-order valence-corrected chi connectivity index (χ2v) is 8.90. The zero-order valence-electron chi connectivity index (χ0n) is 19.7. The predicted molar refractivity (Wildman–Crippen MR) is 135 cm³/mol. The molecule has 0 saturated carbocycles. The Balaban J connectivity index is 1.27. The maximum atomic E-state index is 15.2. The molecule has 9 nitrogen and oxygen atoms in total. The summed E-state index contributed by atoms with van der Waals surface area (Å²) in [5, 5.41) is 22.8. The number of aromatic amines is 1. The quantitative estimate of drug-likeness (QED) is 0.315. The summed E-state index contributed by atoms with van der Waals surface area (Å²) in [4.78, 5) is 28.6. The van der Waals surface area contributed by atoms with Crippen LogP contribution in [0.5, 0.6) is 5.75 Å². The van der Waals surface area contributed by atoms with Crippen LogP contribution in [-0.4, -0.2) is 63.9 Å². The maximum absolute atomic E-state index is 15.2. The van der Waals surface area contributed by atoms with E-state index < -0.39 is 17.8 Å².